The Morgan fingerprint density at radius 2 is 2.22 bits per heavy atom. The van der Waals surface area contributed by atoms with Crippen molar-refractivity contribution in [3.8, 4) is 0 Å². The number of carboxylic acid groups (broad SMARTS) is 1. The summed E-state index contributed by atoms with van der Waals surface area (Å²) in [7, 11) is 0. The van der Waals surface area contributed by atoms with Crippen molar-refractivity contribution in [3.05, 3.63) is 35.3 Å². The predicted octanol–water partition coefficient (Wildman–Crippen LogP) is 2.48. The third-order valence-corrected chi connectivity index (χ3v) is 4.53. The Morgan fingerprint density at radius 3 is 2.96 bits per heavy atom. The monoisotopic (exact) mass is 318 g/mol. The molecule has 0 saturated carbocycles. The van der Waals surface area contributed by atoms with Gasteiger partial charge in [0.15, 0.2) is 0 Å². The molecule has 2 heterocycles. The van der Waals surface area contributed by atoms with Gasteiger partial charge in [-0.2, -0.15) is 0 Å². The lowest BCUT2D eigenvalue weighted by Crippen LogP contribution is -2.43. The van der Waals surface area contributed by atoms with E-state index in [1.54, 1.807) is 11.0 Å². The Labute approximate surface area is 133 Å². The van der Waals surface area contributed by atoms with Crippen LogP contribution in [-0.4, -0.2) is 40.0 Å². The number of carbonyl (C=O) groups excluding carboxylic acids is 1. The van der Waals surface area contributed by atoms with Gasteiger partial charge in [0.05, 0.1) is 12.3 Å². The Hall–Kier alpha value is -2.37. The SMILES string of the molecule is Cc1[nH]c2ccc(F)cc2c1CC(=O)N1CCCC(C(=O)O)C1. The van der Waals surface area contributed by atoms with Gasteiger partial charge < -0.3 is 15.0 Å². The number of aliphatic carboxylic acids is 1. The summed E-state index contributed by atoms with van der Waals surface area (Å²) in [4.78, 5) is 28.4. The topological polar surface area (TPSA) is 73.4 Å². The first kappa shape index (κ1) is 15.5. The number of carbonyl (C=O) groups is 2. The highest BCUT2D eigenvalue weighted by Crippen LogP contribution is 2.25. The lowest BCUT2D eigenvalue weighted by atomic mass is 9.97. The number of hydrogen-bond donors (Lipinski definition) is 2. The molecular formula is C17H19FN2O3. The zero-order chi connectivity index (χ0) is 16.6. The number of benzene rings is 1. The van der Waals surface area contributed by atoms with Crippen LogP contribution in [0, 0.1) is 18.7 Å². The second-order valence-electron chi connectivity index (χ2n) is 6.11. The highest BCUT2D eigenvalue weighted by molar-refractivity contribution is 5.90. The summed E-state index contributed by atoms with van der Waals surface area (Å²) in [6.45, 7) is 2.69. The number of rotatable bonds is 3. The molecule has 0 aliphatic carbocycles. The highest BCUT2D eigenvalue weighted by Gasteiger charge is 2.28. The summed E-state index contributed by atoms with van der Waals surface area (Å²) >= 11 is 0. The quantitative estimate of drug-likeness (QED) is 0.913. The highest BCUT2D eigenvalue weighted by atomic mass is 19.1. The number of hydrogen-bond acceptors (Lipinski definition) is 2. The van der Waals surface area contributed by atoms with Crippen molar-refractivity contribution in [2.75, 3.05) is 13.1 Å². The summed E-state index contributed by atoms with van der Waals surface area (Å²) in [5.41, 5.74) is 2.42. The number of aryl methyl sites for hydroxylation is 1. The Kier molecular flexibility index (Phi) is 4.07. The van der Waals surface area contributed by atoms with E-state index in [9.17, 15) is 14.0 Å². The second-order valence-corrected chi connectivity index (χ2v) is 6.11. The van der Waals surface area contributed by atoms with Crippen LogP contribution in [0.4, 0.5) is 4.39 Å². The van der Waals surface area contributed by atoms with E-state index in [-0.39, 0.29) is 24.7 Å². The van der Waals surface area contributed by atoms with Gasteiger partial charge in [0.25, 0.3) is 0 Å². The molecule has 0 radical (unpaired) electrons. The molecule has 23 heavy (non-hydrogen) atoms. The fraction of sp³-hybridized carbons (Fsp3) is 0.412. The zero-order valence-corrected chi connectivity index (χ0v) is 12.9. The molecule has 0 spiro atoms. The van der Waals surface area contributed by atoms with Crippen molar-refractivity contribution in [3.63, 3.8) is 0 Å². The smallest absolute Gasteiger partial charge is 0.308 e. The van der Waals surface area contributed by atoms with Crippen LogP contribution in [0.15, 0.2) is 18.2 Å². The fourth-order valence-corrected chi connectivity index (χ4v) is 3.25. The molecule has 122 valence electrons. The van der Waals surface area contributed by atoms with Crippen LogP contribution >= 0.6 is 0 Å². The molecule has 2 aromatic rings. The fourth-order valence-electron chi connectivity index (χ4n) is 3.25. The van der Waals surface area contributed by atoms with E-state index < -0.39 is 11.9 Å². The minimum absolute atomic E-state index is 0.107. The summed E-state index contributed by atoms with van der Waals surface area (Å²) < 4.78 is 13.5. The number of likely N-dealkylation sites (tertiary alicyclic amines) is 1. The second kappa shape index (κ2) is 6.02. The molecule has 1 unspecified atom stereocenters. The lowest BCUT2D eigenvalue weighted by molar-refractivity contribution is -0.145. The van der Waals surface area contributed by atoms with Crippen LogP contribution in [-0.2, 0) is 16.0 Å². The van der Waals surface area contributed by atoms with E-state index in [0.29, 0.717) is 24.8 Å². The van der Waals surface area contributed by atoms with Crippen molar-refractivity contribution in [2.45, 2.75) is 26.2 Å². The molecule has 2 N–H and O–H groups in total. The van der Waals surface area contributed by atoms with Gasteiger partial charge in [-0.3, -0.25) is 9.59 Å². The first-order chi connectivity index (χ1) is 11.0. The average molecular weight is 318 g/mol. The maximum absolute atomic E-state index is 13.5. The summed E-state index contributed by atoms with van der Waals surface area (Å²) in [6, 6.07) is 4.47. The number of aromatic amines is 1. The summed E-state index contributed by atoms with van der Waals surface area (Å²) in [5.74, 6) is -1.79. The van der Waals surface area contributed by atoms with Crippen molar-refractivity contribution >= 4 is 22.8 Å². The number of aromatic nitrogens is 1. The van der Waals surface area contributed by atoms with Gasteiger partial charge >= 0.3 is 5.97 Å². The average Bonchev–Trinajstić information content (AvgIpc) is 2.83. The number of H-pyrrole nitrogens is 1. The largest absolute Gasteiger partial charge is 0.481 e. The number of halogens is 1. The molecule has 3 rings (SSSR count). The maximum Gasteiger partial charge on any atom is 0.308 e. The van der Waals surface area contributed by atoms with E-state index in [2.05, 4.69) is 4.98 Å². The first-order valence-electron chi connectivity index (χ1n) is 7.73. The minimum Gasteiger partial charge on any atom is -0.481 e. The molecule has 1 amide bonds. The third-order valence-electron chi connectivity index (χ3n) is 4.53. The van der Waals surface area contributed by atoms with Gasteiger partial charge in [-0.05, 0) is 43.5 Å². The molecule has 1 aliphatic rings. The van der Waals surface area contributed by atoms with Crippen molar-refractivity contribution in [2.24, 2.45) is 5.92 Å². The minimum atomic E-state index is -0.854. The first-order valence-corrected chi connectivity index (χ1v) is 7.73. The molecule has 1 atom stereocenters. The van der Waals surface area contributed by atoms with E-state index in [1.165, 1.54) is 12.1 Å². The molecule has 0 bridgehead atoms. The molecule has 1 aromatic carbocycles. The van der Waals surface area contributed by atoms with Crippen LogP contribution in [0.5, 0.6) is 0 Å². The zero-order valence-electron chi connectivity index (χ0n) is 12.9. The Bertz CT molecular complexity index is 769. The van der Waals surface area contributed by atoms with Crippen LogP contribution in [0.3, 0.4) is 0 Å². The number of carboxylic acids is 1. The van der Waals surface area contributed by atoms with E-state index in [1.807, 2.05) is 6.92 Å². The van der Waals surface area contributed by atoms with Crippen LogP contribution in [0.1, 0.15) is 24.1 Å². The van der Waals surface area contributed by atoms with Crippen LogP contribution in [0.25, 0.3) is 10.9 Å². The van der Waals surface area contributed by atoms with E-state index in [0.717, 1.165) is 16.8 Å². The molecule has 1 aromatic heterocycles. The Morgan fingerprint density at radius 1 is 1.43 bits per heavy atom. The van der Waals surface area contributed by atoms with Crippen molar-refractivity contribution in [1.82, 2.24) is 9.88 Å². The number of nitrogens with zero attached hydrogens (tertiary/aromatic N) is 1. The molecule has 1 aliphatic heterocycles. The number of amides is 1. The summed E-state index contributed by atoms with van der Waals surface area (Å²) in [5, 5.41) is 9.84. The lowest BCUT2D eigenvalue weighted by Gasteiger charge is -2.30. The van der Waals surface area contributed by atoms with Crippen LogP contribution in [0.2, 0.25) is 0 Å². The predicted molar refractivity (Wildman–Crippen MR) is 83.6 cm³/mol. The molecule has 6 heteroatoms. The Balaban J connectivity index is 1.81. The van der Waals surface area contributed by atoms with E-state index in [4.69, 9.17) is 5.11 Å². The van der Waals surface area contributed by atoms with E-state index >= 15 is 0 Å². The number of fused-ring (bicyclic) bond motifs is 1. The number of piperidine rings is 1. The molecule has 1 fully saturated rings. The van der Waals surface area contributed by atoms with Gasteiger partial charge in [-0.25, -0.2) is 4.39 Å². The molecule has 5 nitrogen and oxygen atoms in total. The third kappa shape index (κ3) is 3.06. The van der Waals surface area contributed by atoms with Crippen molar-refractivity contribution in [1.29, 1.82) is 0 Å². The van der Waals surface area contributed by atoms with Gasteiger partial charge in [0.2, 0.25) is 5.91 Å². The van der Waals surface area contributed by atoms with Gasteiger partial charge in [0, 0.05) is 29.7 Å². The molecule has 1 saturated heterocycles. The van der Waals surface area contributed by atoms with Gasteiger partial charge in [-0.1, -0.05) is 0 Å². The maximum atomic E-state index is 13.5. The number of nitrogens with one attached hydrogen (secondary N) is 1. The molecular weight excluding hydrogens is 299 g/mol. The van der Waals surface area contributed by atoms with Gasteiger partial charge in [0.1, 0.15) is 5.82 Å². The van der Waals surface area contributed by atoms with Crippen molar-refractivity contribution < 1.29 is 19.1 Å². The van der Waals surface area contributed by atoms with Crippen LogP contribution < -0.4 is 0 Å². The van der Waals surface area contributed by atoms with Gasteiger partial charge in [-0.15, -0.1) is 0 Å². The normalized spacial score (nSPS) is 18.3. The summed E-state index contributed by atoms with van der Waals surface area (Å²) in [6.07, 6.45) is 1.46. The standard InChI is InChI=1S/C17H19FN2O3/c1-10-13(14-7-12(18)4-5-15(14)19-10)8-16(21)20-6-2-3-11(9-20)17(22)23/h4-5,7,11,19H,2-3,6,8-9H2,1H3,(H,22,23).